The average molecular weight is 309 g/mol. The molecule has 8 heteroatoms. The highest BCUT2D eigenvalue weighted by Gasteiger charge is 2.20. The molecule has 5 nitrogen and oxygen atoms in total. The second-order valence-corrected chi connectivity index (χ2v) is 5.12. The van der Waals surface area contributed by atoms with Crippen LogP contribution < -0.4 is 4.90 Å². The normalized spacial score (nSPS) is 16.1. The largest absolute Gasteiger partial charge is 0.338 e. The fourth-order valence-electron chi connectivity index (χ4n) is 2.27. The van der Waals surface area contributed by atoms with Gasteiger partial charge in [0.15, 0.2) is 23.3 Å². The van der Waals surface area contributed by atoms with Crippen LogP contribution in [0.3, 0.4) is 0 Å². The third-order valence-corrected chi connectivity index (χ3v) is 3.62. The summed E-state index contributed by atoms with van der Waals surface area (Å²) in [5.41, 5.74) is -0.184. The molecule has 1 aliphatic heterocycles. The zero-order valence-corrected chi connectivity index (χ0v) is 11.9. The lowest BCUT2D eigenvalue weighted by Crippen LogP contribution is -2.45. The summed E-state index contributed by atoms with van der Waals surface area (Å²) in [7, 11) is 2.02. The highest BCUT2D eigenvalue weighted by atomic mass is 19.2. The van der Waals surface area contributed by atoms with Crippen molar-refractivity contribution in [2.45, 2.75) is 0 Å². The molecule has 0 N–H and O–H groups in total. The number of hydrogen-bond acceptors (Lipinski definition) is 5. The maximum absolute atomic E-state index is 13.8. The molecule has 3 rings (SSSR count). The first-order valence-corrected chi connectivity index (χ1v) is 6.82. The second-order valence-electron chi connectivity index (χ2n) is 5.12. The minimum Gasteiger partial charge on any atom is -0.338 e. The number of likely N-dealkylation sites (N-methyl/N-ethyl adjacent to an activating group) is 1. The number of hydrogen-bond donors (Lipinski definition) is 0. The molecule has 2 aromatic rings. The van der Waals surface area contributed by atoms with Gasteiger partial charge >= 0.3 is 0 Å². The quantitative estimate of drug-likeness (QED) is 0.790. The molecule has 1 saturated heterocycles. The molecular formula is C14H14F3N5. The van der Waals surface area contributed by atoms with E-state index in [2.05, 4.69) is 19.9 Å². The van der Waals surface area contributed by atoms with Crippen molar-refractivity contribution in [3.05, 3.63) is 35.9 Å². The lowest BCUT2D eigenvalue weighted by molar-refractivity contribution is 0.311. The van der Waals surface area contributed by atoms with Crippen molar-refractivity contribution in [2.24, 2.45) is 0 Å². The Morgan fingerprint density at radius 1 is 0.955 bits per heavy atom. The van der Waals surface area contributed by atoms with Gasteiger partial charge < -0.3 is 9.80 Å². The molecule has 2 heterocycles. The van der Waals surface area contributed by atoms with Crippen LogP contribution in [0.15, 0.2) is 18.5 Å². The van der Waals surface area contributed by atoms with Crippen molar-refractivity contribution in [3.63, 3.8) is 0 Å². The van der Waals surface area contributed by atoms with Crippen molar-refractivity contribution in [1.29, 1.82) is 0 Å². The number of nitrogens with zero attached hydrogens (tertiary/aromatic N) is 5. The molecule has 0 bridgehead atoms. The van der Waals surface area contributed by atoms with E-state index in [-0.39, 0.29) is 11.4 Å². The number of aromatic nitrogens is 3. The van der Waals surface area contributed by atoms with Crippen LogP contribution in [-0.2, 0) is 0 Å². The first-order valence-electron chi connectivity index (χ1n) is 6.82. The highest BCUT2D eigenvalue weighted by Crippen LogP contribution is 2.24. The van der Waals surface area contributed by atoms with Crippen molar-refractivity contribution >= 4 is 5.95 Å². The minimum atomic E-state index is -1.53. The third-order valence-electron chi connectivity index (χ3n) is 3.62. The highest BCUT2D eigenvalue weighted by molar-refractivity contribution is 5.57. The van der Waals surface area contributed by atoms with E-state index in [1.54, 1.807) is 0 Å². The third kappa shape index (κ3) is 2.74. The topological polar surface area (TPSA) is 45.2 Å². The molecule has 1 aromatic carbocycles. The van der Waals surface area contributed by atoms with Crippen molar-refractivity contribution in [3.8, 4) is 11.4 Å². The number of anilines is 1. The average Bonchev–Trinajstić information content (AvgIpc) is 2.54. The molecule has 1 aliphatic rings. The molecule has 0 unspecified atom stereocenters. The summed E-state index contributed by atoms with van der Waals surface area (Å²) in [6.07, 6.45) is 1.25. The van der Waals surface area contributed by atoms with E-state index in [1.165, 1.54) is 6.33 Å². The molecular weight excluding hydrogens is 295 g/mol. The van der Waals surface area contributed by atoms with E-state index in [1.807, 2.05) is 11.9 Å². The Morgan fingerprint density at radius 2 is 1.68 bits per heavy atom. The molecule has 0 aliphatic carbocycles. The fraction of sp³-hybridized carbons (Fsp3) is 0.357. The molecule has 0 amide bonds. The number of halogens is 3. The van der Waals surface area contributed by atoms with Gasteiger partial charge in [-0.15, -0.1) is 0 Å². The van der Waals surface area contributed by atoms with Gasteiger partial charge in [0.25, 0.3) is 0 Å². The van der Waals surface area contributed by atoms with Crippen LogP contribution in [0.25, 0.3) is 11.4 Å². The minimum absolute atomic E-state index is 0.0136. The van der Waals surface area contributed by atoms with Gasteiger partial charge in [0, 0.05) is 26.2 Å². The van der Waals surface area contributed by atoms with Crippen LogP contribution in [0.2, 0.25) is 0 Å². The Labute approximate surface area is 125 Å². The number of rotatable bonds is 2. The van der Waals surface area contributed by atoms with Crippen molar-refractivity contribution in [1.82, 2.24) is 19.9 Å². The smallest absolute Gasteiger partial charge is 0.228 e. The Hall–Kier alpha value is -2.22. The van der Waals surface area contributed by atoms with E-state index >= 15 is 0 Å². The number of benzene rings is 1. The molecule has 0 saturated carbocycles. The summed E-state index contributed by atoms with van der Waals surface area (Å²) in [4.78, 5) is 16.2. The maximum Gasteiger partial charge on any atom is 0.228 e. The molecule has 0 radical (unpaired) electrons. The lowest BCUT2D eigenvalue weighted by Gasteiger charge is -2.32. The fourth-order valence-corrected chi connectivity index (χ4v) is 2.27. The van der Waals surface area contributed by atoms with Crippen LogP contribution in [0.4, 0.5) is 19.1 Å². The maximum atomic E-state index is 13.8. The van der Waals surface area contributed by atoms with E-state index in [0.717, 1.165) is 38.3 Å². The van der Waals surface area contributed by atoms with Gasteiger partial charge in [-0.05, 0) is 19.2 Å². The predicted molar refractivity (Wildman–Crippen MR) is 74.8 cm³/mol. The van der Waals surface area contributed by atoms with Crippen LogP contribution in [-0.4, -0.2) is 53.1 Å². The SMILES string of the molecule is CN1CCN(c2ncnc(-c3ccc(F)c(F)c3F)n2)CC1. The molecule has 22 heavy (non-hydrogen) atoms. The summed E-state index contributed by atoms with van der Waals surface area (Å²) < 4.78 is 40.2. The summed E-state index contributed by atoms with van der Waals surface area (Å²) in [5.74, 6) is -3.67. The summed E-state index contributed by atoms with van der Waals surface area (Å²) in [6, 6.07) is 1.98. The monoisotopic (exact) mass is 309 g/mol. The molecule has 116 valence electrons. The summed E-state index contributed by atoms with van der Waals surface area (Å²) in [5, 5.41) is 0. The molecule has 1 aromatic heterocycles. The van der Waals surface area contributed by atoms with Crippen LogP contribution >= 0.6 is 0 Å². The van der Waals surface area contributed by atoms with Crippen LogP contribution in [0.1, 0.15) is 0 Å². The summed E-state index contributed by atoms with van der Waals surface area (Å²) >= 11 is 0. The van der Waals surface area contributed by atoms with Gasteiger partial charge in [-0.25, -0.2) is 23.1 Å². The number of piperazine rings is 1. The van der Waals surface area contributed by atoms with Gasteiger partial charge in [0.05, 0.1) is 5.56 Å². The Morgan fingerprint density at radius 3 is 2.41 bits per heavy atom. The van der Waals surface area contributed by atoms with Crippen molar-refractivity contribution < 1.29 is 13.2 Å². The van der Waals surface area contributed by atoms with Crippen LogP contribution in [0.5, 0.6) is 0 Å². The standard InChI is InChI=1S/C14H14F3N5/c1-21-4-6-22(7-5-21)14-19-8-18-13(20-14)9-2-3-10(15)12(17)11(9)16/h2-3,8H,4-7H2,1H3. The van der Waals surface area contributed by atoms with Crippen molar-refractivity contribution in [2.75, 3.05) is 38.1 Å². The van der Waals surface area contributed by atoms with E-state index < -0.39 is 17.5 Å². The Balaban J connectivity index is 1.93. The van der Waals surface area contributed by atoms with Gasteiger partial charge in [-0.1, -0.05) is 0 Å². The summed E-state index contributed by atoms with van der Waals surface area (Å²) in [6.45, 7) is 3.20. The van der Waals surface area contributed by atoms with Gasteiger partial charge in [0.1, 0.15) is 6.33 Å². The first-order chi connectivity index (χ1) is 10.6. The Kier molecular flexibility index (Phi) is 3.93. The van der Waals surface area contributed by atoms with E-state index in [4.69, 9.17) is 0 Å². The lowest BCUT2D eigenvalue weighted by atomic mass is 10.2. The van der Waals surface area contributed by atoms with Crippen LogP contribution in [0, 0.1) is 17.5 Å². The van der Waals surface area contributed by atoms with E-state index in [9.17, 15) is 13.2 Å². The van der Waals surface area contributed by atoms with Gasteiger partial charge in [0.2, 0.25) is 5.95 Å². The van der Waals surface area contributed by atoms with Gasteiger partial charge in [-0.2, -0.15) is 4.98 Å². The first kappa shape index (κ1) is 14.7. The predicted octanol–water partition coefficient (Wildman–Crippen LogP) is 1.71. The molecule has 0 spiro atoms. The van der Waals surface area contributed by atoms with E-state index in [0.29, 0.717) is 5.95 Å². The zero-order valence-electron chi connectivity index (χ0n) is 11.9. The molecule has 1 fully saturated rings. The Bertz CT molecular complexity index is 686. The second kappa shape index (κ2) is 5.88. The van der Waals surface area contributed by atoms with Gasteiger partial charge in [-0.3, -0.25) is 0 Å². The zero-order chi connectivity index (χ0) is 15.7. The molecule has 0 atom stereocenters.